The second-order valence-corrected chi connectivity index (χ2v) is 10.4. The number of nitrogens with one attached hydrogen (secondary N) is 1. The van der Waals surface area contributed by atoms with E-state index in [1.54, 1.807) is 35.2 Å². The lowest BCUT2D eigenvalue weighted by Crippen LogP contribution is -2.55. The monoisotopic (exact) mass is 532 g/mol. The van der Waals surface area contributed by atoms with Gasteiger partial charge in [-0.05, 0) is 35.8 Å². The molecular weight excluding hydrogens is 503 g/mol. The molecule has 4 rings (SSSR count). The maximum Gasteiger partial charge on any atom is 0.247 e. The highest BCUT2D eigenvalue weighted by molar-refractivity contribution is 6.42. The van der Waals surface area contributed by atoms with E-state index in [4.69, 9.17) is 27.9 Å². The number of aliphatic hydroxyl groups excluding tert-OH is 2. The van der Waals surface area contributed by atoms with Crippen LogP contribution in [0.4, 0.5) is 0 Å². The molecule has 3 N–H and O–H groups in total. The van der Waals surface area contributed by atoms with Gasteiger partial charge in [-0.2, -0.15) is 0 Å². The van der Waals surface area contributed by atoms with E-state index in [1.165, 1.54) is 0 Å². The summed E-state index contributed by atoms with van der Waals surface area (Å²) in [5.74, 6) is -0.358. The van der Waals surface area contributed by atoms with Gasteiger partial charge in [-0.1, -0.05) is 61.3 Å². The topological polar surface area (TPSA) is 99.1 Å². The van der Waals surface area contributed by atoms with Crippen molar-refractivity contribution in [2.24, 2.45) is 5.92 Å². The summed E-state index contributed by atoms with van der Waals surface area (Å²) in [5, 5.41) is 24.2. The van der Waals surface area contributed by atoms with E-state index >= 15 is 0 Å². The fraction of sp³-hybridized carbons (Fsp3) is 0.407. The molecular formula is C27H30Cl2N2O5. The van der Waals surface area contributed by atoms with Gasteiger partial charge in [0.1, 0.15) is 18.0 Å². The third-order valence-corrected chi connectivity index (χ3v) is 7.22. The van der Waals surface area contributed by atoms with Gasteiger partial charge >= 0.3 is 0 Å². The van der Waals surface area contributed by atoms with E-state index in [9.17, 15) is 19.8 Å². The van der Waals surface area contributed by atoms with Crippen LogP contribution in [0.1, 0.15) is 37.3 Å². The average molecular weight is 533 g/mol. The van der Waals surface area contributed by atoms with Crippen LogP contribution in [0.15, 0.2) is 54.1 Å². The molecule has 2 aromatic rings. The number of benzene rings is 2. The number of amides is 2. The fourth-order valence-corrected chi connectivity index (χ4v) is 5.17. The summed E-state index contributed by atoms with van der Waals surface area (Å²) in [6.07, 6.45) is 0.0883. The van der Waals surface area contributed by atoms with E-state index < -0.39 is 24.2 Å². The third-order valence-electron chi connectivity index (χ3n) is 6.48. The highest BCUT2D eigenvalue weighted by Gasteiger charge is 2.50. The Balaban J connectivity index is 1.76. The molecule has 7 nitrogen and oxygen atoms in total. The highest BCUT2D eigenvalue weighted by Crippen LogP contribution is 2.47. The smallest absolute Gasteiger partial charge is 0.247 e. The molecule has 9 heteroatoms. The van der Waals surface area contributed by atoms with Crippen molar-refractivity contribution in [3.63, 3.8) is 0 Å². The molecule has 0 radical (unpaired) electrons. The molecule has 0 saturated heterocycles. The Labute approximate surface area is 220 Å². The van der Waals surface area contributed by atoms with E-state index in [1.807, 2.05) is 32.0 Å². The second-order valence-electron chi connectivity index (χ2n) is 9.55. The number of hydrogen-bond donors (Lipinski definition) is 3. The van der Waals surface area contributed by atoms with Crippen LogP contribution in [-0.2, 0) is 16.1 Å². The number of para-hydroxylation sites is 1. The molecule has 36 heavy (non-hydrogen) atoms. The Kier molecular flexibility index (Phi) is 8.25. The standard InChI is InChI=1S/C27H30Cl2N2O5/c1-15(2)11-23(33)31(14-16-7-8-19(28)20(29)12-16)21-13-18(27(35)30-9-10-32)24-17-5-3-4-6-22(17)36-26(24)25(21)34/h3-8,12-13,15,21,24-26,32,34H,9-11,14H2,1-2H3,(H,30,35)/t21-,24+,25+,26+/m1/s1. The number of halogens is 2. The normalized spacial score (nSPS) is 22.4. The molecule has 0 fully saturated rings. The predicted octanol–water partition coefficient (Wildman–Crippen LogP) is 3.69. The van der Waals surface area contributed by atoms with Gasteiger partial charge in [0, 0.05) is 30.6 Å². The second kappa shape index (κ2) is 11.2. The minimum Gasteiger partial charge on any atom is -0.486 e. The van der Waals surface area contributed by atoms with Crippen molar-refractivity contribution in [3.8, 4) is 5.75 Å². The Morgan fingerprint density at radius 1 is 1.14 bits per heavy atom. The van der Waals surface area contributed by atoms with Gasteiger partial charge < -0.3 is 25.2 Å². The van der Waals surface area contributed by atoms with Gasteiger partial charge in [-0.25, -0.2) is 0 Å². The summed E-state index contributed by atoms with van der Waals surface area (Å²) in [4.78, 5) is 28.3. The van der Waals surface area contributed by atoms with Crippen molar-refractivity contribution < 1.29 is 24.5 Å². The molecule has 0 saturated carbocycles. The first-order valence-corrected chi connectivity index (χ1v) is 12.7. The number of nitrogens with zero attached hydrogens (tertiary/aromatic N) is 1. The zero-order chi connectivity index (χ0) is 26.0. The average Bonchev–Trinajstić information content (AvgIpc) is 3.23. The Morgan fingerprint density at radius 2 is 1.89 bits per heavy atom. The molecule has 192 valence electrons. The van der Waals surface area contributed by atoms with Gasteiger partial charge in [0.2, 0.25) is 11.8 Å². The number of hydrogen-bond acceptors (Lipinski definition) is 5. The van der Waals surface area contributed by atoms with Crippen LogP contribution >= 0.6 is 23.2 Å². The van der Waals surface area contributed by atoms with Crippen molar-refractivity contribution in [3.05, 3.63) is 75.3 Å². The van der Waals surface area contributed by atoms with Crippen LogP contribution < -0.4 is 10.1 Å². The molecule has 2 amide bonds. The Hall–Kier alpha value is -2.58. The molecule has 2 aliphatic rings. The first-order chi connectivity index (χ1) is 17.2. The molecule has 0 bridgehead atoms. The Morgan fingerprint density at radius 3 is 2.58 bits per heavy atom. The maximum atomic E-state index is 13.5. The number of rotatable bonds is 8. The van der Waals surface area contributed by atoms with Crippen molar-refractivity contribution in [1.82, 2.24) is 10.2 Å². The zero-order valence-corrected chi connectivity index (χ0v) is 21.7. The molecule has 2 aromatic carbocycles. The summed E-state index contributed by atoms with van der Waals surface area (Å²) in [7, 11) is 0. The SMILES string of the molecule is CC(C)CC(=O)N(Cc1ccc(Cl)c(Cl)c1)[C@@H]1C=C(C(=O)NCCO)[C@@H]2c3ccccc3O[C@@H]2[C@H]1O. The predicted molar refractivity (Wildman–Crippen MR) is 138 cm³/mol. The minimum absolute atomic E-state index is 0.0859. The maximum absolute atomic E-state index is 13.5. The molecule has 1 aliphatic carbocycles. The summed E-state index contributed by atoms with van der Waals surface area (Å²) in [6.45, 7) is 3.94. The van der Waals surface area contributed by atoms with Crippen molar-refractivity contribution in [1.29, 1.82) is 0 Å². The Bertz CT molecular complexity index is 1170. The number of carbonyl (C=O) groups is 2. The molecule has 0 aromatic heterocycles. The molecule has 1 heterocycles. The molecule has 1 aliphatic heterocycles. The van der Waals surface area contributed by atoms with Crippen LogP contribution in [0.2, 0.25) is 10.0 Å². The van der Waals surface area contributed by atoms with Crippen molar-refractivity contribution in [2.45, 2.75) is 51.0 Å². The lowest BCUT2D eigenvalue weighted by atomic mass is 9.77. The van der Waals surface area contributed by atoms with E-state index in [0.29, 0.717) is 21.4 Å². The summed E-state index contributed by atoms with van der Waals surface area (Å²) < 4.78 is 6.14. The van der Waals surface area contributed by atoms with Crippen LogP contribution in [0.25, 0.3) is 0 Å². The zero-order valence-electron chi connectivity index (χ0n) is 20.2. The number of fused-ring (bicyclic) bond motifs is 3. The van der Waals surface area contributed by atoms with E-state index in [0.717, 1.165) is 11.1 Å². The molecule has 4 atom stereocenters. The van der Waals surface area contributed by atoms with Crippen molar-refractivity contribution >= 4 is 35.0 Å². The number of carbonyl (C=O) groups excluding carboxylic acids is 2. The minimum atomic E-state index is -1.09. The third kappa shape index (κ3) is 5.39. The number of aliphatic hydroxyl groups is 2. The van der Waals surface area contributed by atoms with E-state index in [-0.39, 0.29) is 43.8 Å². The first kappa shape index (κ1) is 26.5. The molecule has 0 spiro atoms. The van der Waals surface area contributed by atoms with E-state index in [2.05, 4.69) is 5.32 Å². The van der Waals surface area contributed by atoms with Crippen molar-refractivity contribution in [2.75, 3.05) is 13.2 Å². The number of ether oxygens (including phenoxy) is 1. The van der Waals surface area contributed by atoms with Crippen LogP contribution in [0, 0.1) is 5.92 Å². The van der Waals surface area contributed by atoms with Crippen LogP contribution in [0.5, 0.6) is 5.75 Å². The van der Waals surface area contributed by atoms with Gasteiger partial charge in [-0.3, -0.25) is 9.59 Å². The van der Waals surface area contributed by atoms with Gasteiger partial charge in [0.05, 0.1) is 28.6 Å². The fourth-order valence-electron chi connectivity index (χ4n) is 4.85. The van der Waals surface area contributed by atoms with Gasteiger partial charge in [0.25, 0.3) is 0 Å². The lowest BCUT2D eigenvalue weighted by Gasteiger charge is -2.41. The lowest BCUT2D eigenvalue weighted by molar-refractivity contribution is -0.138. The molecule has 0 unspecified atom stereocenters. The van der Waals surface area contributed by atoms with Crippen LogP contribution in [0.3, 0.4) is 0 Å². The summed E-state index contributed by atoms with van der Waals surface area (Å²) in [5.41, 5.74) is 1.94. The van der Waals surface area contributed by atoms with Gasteiger partial charge in [-0.15, -0.1) is 0 Å². The first-order valence-electron chi connectivity index (χ1n) is 12.0. The highest BCUT2D eigenvalue weighted by atomic mass is 35.5. The largest absolute Gasteiger partial charge is 0.486 e. The summed E-state index contributed by atoms with van der Waals surface area (Å²) >= 11 is 12.3. The van der Waals surface area contributed by atoms with Crippen LogP contribution in [-0.4, -0.2) is 58.3 Å². The summed E-state index contributed by atoms with van der Waals surface area (Å²) in [6, 6.07) is 11.7. The quantitative estimate of drug-likeness (QED) is 0.481. The van der Waals surface area contributed by atoms with Gasteiger partial charge in [0.15, 0.2) is 0 Å².